The zero-order valence-electron chi connectivity index (χ0n) is 35.7. The monoisotopic (exact) mass is 880 g/mol. The molecule has 0 aliphatic rings. The van der Waals surface area contributed by atoms with Gasteiger partial charge in [0.2, 0.25) is 0 Å². The van der Waals surface area contributed by atoms with Crippen LogP contribution in [0.4, 0.5) is 0 Å². The van der Waals surface area contributed by atoms with Gasteiger partial charge >= 0.3 is 11.9 Å². The van der Waals surface area contributed by atoms with E-state index < -0.39 is 0 Å². The second-order valence-corrected chi connectivity index (χ2v) is 20.3. The fourth-order valence-electron chi connectivity index (χ4n) is 6.75. The molecule has 56 heavy (non-hydrogen) atoms. The molecule has 6 heteroatoms. The van der Waals surface area contributed by atoms with Crippen molar-refractivity contribution in [3.05, 3.63) is 115 Å². The Bertz CT molecular complexity index is 2170. The first kappa shape index (κ1) is 44.7. The molecule has 0 unspecified atom stereocenters. The van der Waals surface area contributed by atoms with E-state index in [2.05, 4.69) is 189 Å². The first-order valence-corrected chi connectivity index (χ1v) is 20.6. The third kappa shape index (κ3) is 10.1. The van der Waals surface area contributed by atoms with Gasteiger partial charge in [-0.05, 0) is 131 Å². The highest BCUT2D eigenvalue weighted by molar-refractivity contribution is 9.11. The fraction of sp³-hybridized carbons (Fsp3) is 0.360. The molecule has 296 valence electrons. The Labute approximate surface area is 352 Å². The number of hydrogen-bond acceptors (Lipinski definition) is 4. The minimum atomic E-state index is -0.337. The van der Waals surface area contributed by atoms with Crippen molar-refractivity contribution in [2.24, 2.45) is 0 Å². The lowest BCUT2D eigenvalue weighted by atomic mass is 9.77. The van der Waals surface area contributed by atoms with Crippen LogP contribution in [0, 0.1) is 0 Å². The second kappa shape index (κ2) is 16.5. The molecule has 4 nitrogen and oxygen atoms in total. The van der Waals surface area contributed by atoms with E-state index in [-0.39, 0.29) is 33.6 Å². The van der Waals surface area contributed by atoms with Crippen molar-refractivity contribution in [1.29, 1.82) is 0 Å². The normalized spacial score (nSPS) is 12.5. The van der Waals surface area contributed by atoms with Crippen LogP contribution in [0.15, 0.2) is 70.6 Å². The van der Waals surface area contributed by atoms with Gasteiger partial charge in [-0.3, -0.25) is 9.59 Å². The van der Waals surface area contributed by atoms with Crippen molar-refractivity contribution in [1.82, 2.24) is 0 Å². The number of carbonyl (C=O) groups is 2. The van der Waals surface area contributed by atoms with Crippen LogP contribution in [0.1, 0.15) is 141 Å². The summed E-state index contributed by atoms with van der Waals surface area (Å²) in [4.78, 5) is 24.6. The number of hydrogen-bond donors (Lipinski definition) is 0. The third-order valence-electron chi connectivity index (χ3n) is 9.72. The molecule has 0 N–H and O–H groups in total. The summed E-state index contributed by atoms with van der Waals surface area (Å²) in [5, 5.41) is 0. The van der Waals surface area contributed by atoms with Crippen LogP contribution in [-0.2, 0) is 31.2 Å². The van der Waals surface area contributed by atoms with Crippen molar-refractivity contribution >= 4 is 68.1 Å². The maximum Gasteiger partial charge on any atom is 0.308 e. The molecule has 0 radical (unpaired) electrons. The van der Waals surface area contributed by atoms with Gasteiger partial charge in [-0.1, -0.05) is 136 Å². The van der Waals surface area contributed by atoms with Gasteiger partial charge in [-0.15, -0.1) is 0 Å². The molecule has 0 atom stereocenters. The number of halogens is 2. The van der Waals surface area contributed by atoms with Crippen LogP contribution >= 0.6 is 31.9 Å². The standard InChI is InChI=1S/C50H58Br2O4/c1-17-31-21-34(44(52)38(22-31)36-26-41(49(11,12)13)46(56-30(4)54)42(27-36)50(14,15)16)20-19-33-28-43(51)37(23-32(33)18-2)35-24-39(47(5,6)7)45(55-29(3)53)40(25-35)48(8,9)10/h17-28H,1-2H2,3-16H3/b20-19+. The summed E-state index contributed by atoms with van der Waals surface area (Å²) >= 11 is 7.91. The molecule has 0 bridgehead atoms. The lowest BCUT2D eigenvalue weighted by Crippen LogP contribution is -2.21. The Hall–Kier alpha value is -4.00. The first-order chi connectivity index (χ1) is 25.7. The molecule has 0 saturated heterocycles. The molecule has 4 rings (SSSR count). The van der Waals surface area contributed by atoms with E-state index in [1.807, 2.05) is 12.2 Å². The molecule has 0 fully saturated rings. The van der Waals surface area contributed by atoms with Crippen LogP contribution in [0.5, 0.6) is 11.5 Å². The molecule has 4 aromatic carbocycles. The highest BCUT2D eigenvalue weighted by Gasteiger charge is 2.31. The van der Waals surface area contributed by atoms with Gasteiger partial charge in [0.15, 0.2) is 0 Å². The van der Waals surface area contributed by atoms with Gasteiger partial charge in [0.1, 0.15) is 11.5 Å². The average Bonchev–Trinajstić information content (AvgIpc) is 3.05. The Balaban J connectivity index is 1.92. The molecule has 0 spiro atoms. The van der Waals surface area contributed by atoms with Crippen molar-refractivity contribution in [3.63, 3.8) is 0 Å². The Kier molecular flexibility index (Phi) is 13.1. The Morgan fingerprint density at radius 2 is 0.911 bits per heavy atom. The highest BCUT2D eigenvalue weighted by atomic mass is 79.9. The second-order valence-electron chi connectivity index (χ2n) is 18.7. The van der Waals surface area contributed by atoms with Crippen molar-refractivity contribution in [3.8, 4) is 33.8 Å². The summed E-state index contributed by atoms with van der Waals surface area (Å²) in [6, 6.07) is 17.1. The summed E-state index contributed by atoms with van der Waals surface area (Å²) in [5.74, 6) is 0.597. The highest BCUT2D eigenvalue weighted by Crippen LogP contribution is 2.47. The molecule has 4 aromatic rings. The summed E-state index contributed by atoms with van der Waals surface area (Å²) in [6.07, 6.45) is 7.96. The van der Waals surface area contributed by atoms with E-state index in [9.17, 15) is 9.59 Å². The van der Waals surface area contributed by atoms with Gasteiger partial charge in [0, 0.05) is 45.0 Å². The molecular weight excluding hydrogens is 824 g/mol. The van der Waals surface area contributed by atoms with E-state index in [0.29, 0.717) is 11.5 Å². The smallest absolute Gasteiger partial charge is 0.308 e. The fourth-order valence-corrected chi connectivity index (χ4v) is 7.93. The predicted octanol–water partition coefficient (Wildman–Crippen LogP) is 15.0. The van der Waals surface area contributed by atoms with E-state index in [4.69, 9.17) is 9.47 Å². The van der Waals surface area contributed by atoms with E-state index in [0.717, 1.165) is 75.7 Å². The van der Waals surface area contributed by atoms with Gasteiger partial charge in [-0.2, -0.15) is 0 Å². The van der Waals surface area contributed by atoms with E-state index in [1.165, 1.54) is 13.8 Å². The largest absolute Gasteiger partial charge is 0.426 e. The van der Waals surface area contributed by atoms with Crippen LogP contribution in [-0.4, -0.2) is 11.9 Å². The maximum absolute atomic E-state index is 12.3. The van der Waals surface area contributed by atoms with Gasteiger partial charge < -0.3 is 9.47 Å². The molecule has 0 aliphatic heterocycles. The first-order valence-electron chi connectivity index (χ1n) is 19.0. The summed E-state index contributed by atoms with van der Waals surface area (Å²) in [5.41, 5.74) is 10.7. The van der Waals surface area contributed by atoms with Crippen molar-refractivity contribution < 1.29 is 19.1 Å². The molecule has 0 aromatic heterocycles. The topological polar surface area (TPSA) is 52.6 Å². The number of rotatable bonds is 8. The zero-order valence-corrected chi connectivity index (χ0v) is 38.9. The van der Waals surface area contributed by atoms with Gasteiger partial charge in [0.25, 0.3) is 0 Å². The Morgan fingerprint density at radius 3 is 1.27 bits per heavy atom. The average molecular weight is 883 g/mol. The molecule has 0 aliphatic carbocycles. The Morgan fingerprint density at radius 1 is 0.518 bits per heavy atom. The molecular formula is C50H58Br2O4. The maximum atomic E-state index is 12.3. The quantitative estimate of drug-likeness (QED) is 0.100. The van der Waals surface area contributed by atoms with Crippen molar-refractivity contribution in [2.75, 3.05) is 0 Å². The van der Waals surface area contributed by atoms with Gasteiger partial charge in [-0.25, -0.2) is 0 Å². The van der Waals surface area contributed by atoms with E-state index in [1.54, 1.807) is 0 Å². The lowest BCUT2D eigenvalue weighted by Gasteiger charge is -2.30. The molecule has 0 saturated carbocycles. The van der Waals surface area contributed by atoms with E-state index >= 15 is 0 Å². The number of ether oxygens (including phenoxy) is 2. The third-order valence-corrected chi connectivity index (χ3v) is 11.3. The number of carbonyl (C=O) groups excluding carboxylic acids is 2. The molecule has 0 amide bonds. The van der Waals surface area contributed by atoms with Crippen molar-refractivity contribution in [2.45, 2.75) is 119 Å². The molecule has 0 heterocycles. The minimum Gasteiger partial charge on any atom is -0.426 e. The van der Waals surface area contributed by atoms with Crippen LogP contribution in [0.2, 0.25) is 0 Å². The minimum absolute atomic E-state index is 0.281. The lowest BCUT2D eigenvalue weighted by molar-refractivity contribution is -0.133. The van der Waals surface area contributed by atoms with Crippen LogP contribution in [0.3, 0.4) is 0 Å². The number of benzene rings is 4. The van der Waals surface area contributed by atoms with Gasteiger partial charge in [0.05, 0.1) is 0 Å². The van der Waals surface area contributed by atoms with Crippen LogP contribution < -0.4 is 9.47 Å². The number of esters is 2. The summed E-state index contributed by atoms with van der Waals surface area (Å²) < 4.78 is 13.7. The zero-order chi connectivity index (χ0) is 42.3. The SMILES string of the molecule is C=Cc1cc(/C=C/c2cc(Br)c(-c3cc(C(C)(C)C)c(OC(C)=O)c(C(C)(C)C)c3)cc2C=C)c(Br)c(-c2cc(C(C)(C)C)c(OC(C)=O)c(C(C)(C)C)c2)c1. The summed E-state index contributed by atoms with van der Waals surface area (Å²) in [7, 11) is 0. The summed E-state index contributed by atoms with van der Waals surface area (Å²) in [6.45, 7) is 36.9. The predicted molar refractivity (Wildman–Crippen MR) is 246 cm³/mol. The van der Waals surface area contributed by atoms with Crippen LogP contribution in [0.25, 0.3) is 46.6 Å².